The Kier molecular flexibility index (Phi) is 3.04. The molecule has 1 aromatic carbocycles. The number of carbonyl (C=O) groups is 1. The maximum atomic E-state index is 11.4. The molecule has 0 aliphatic heterocycles. The molecule has 0 aromatic heterocycles. The minimum Gasteiger partial charge on any atom is -0.494 e. The van der Waals surface area contributed by atoms with Gasteiger partial charge in [0.05, 0.1) is 25.6 Å². The highest BCUT2D eigenvalue weighted by Crippen LogP contribution is 2.34. The van der Waals surface area contributed by atoms with Crippen LogP contribution in [-0.2, 0) is 4.74 Å². The minimum atomic E-state index is -0.498. The number of ether oxygens (including phenoxy) is 2. The summed E-state index contributed by atoms with van der Waals surface area (Å²) >= 11 is 0. The molecule has 1 rings (SSSR count). The number of nitrogens with two attached hydrogens (primary N) is 2. The average Bonchev–Trinajstić information content (AvgIpc) is 2.24. The first-order chi connectivity index (χ1) is 7.02. The van der Waals surface area contributed by atoms with E-state index >= 15 is 0 Å². The van der Waals surface area contributed by atoms with Crippen molar-refractivity contribution in [2.75, 3.05) is 25.7 Å². The molecule has 1 aromatic rings. The molecular formula is C10H14N2O3. The molecule has 0 aliphatic rings. The Hall–Kier alpha value is -1.91. The summed E-state index contributed by atoms with van der Waals surface area (Å²) in [6, 6.07) is 1.59. The van der Waals surface area contributed by atoms with Crippen LogP contribution in [0.5, 0.6) is 5.75 Å². The van der Waals surface area contributed by atoms with Crippen molar-refractivity contribution in [3.8, 4) is 5.75 Å². The second-order valence-corrected chi connectivity index (χ2v) is 3.09. The number of hydrogen-bond acceptors (Lipinski definition) is 5. The van der Waals surface area contributed by atoms with Gasteiger partial charge in [-0.3, -0.25) is 0 Å². The molecule has 5 nitrogen and oxygen atoms in total. The van der Waals surface area contributed by atoms with Crippen molar-refractivity contribution in [1.82, 2.24) is 0 Å². The van der Waals surface area contributed by atoms with Gasteiger partial charge in [0.25, 0.3) is 0 Å². The fourth-order valence-electron chi connectivity index (χ4n) is 1.32. The highest BCUT2D eigenvalue weighted by molar-refractivity contribution is 5.97. The molecule has 4 N–H and O–H groups in total. The first-order valence-electron chi connectivity index (χ1n) is 4.33. The lowest BCUT2D eigenvalue weighted by atomic mass is 10.1. The molecule has 0 amide bonds. The predicted molar refractivity (Wildman–Crippen MR) is 57.9 cm³/mol. The highest BCUT2D eigenvalue weighted by Gasteiger charge is 2.18. The minimum absolute atomic E-state index is 0.255. The van der Waals surface area contributed by atoms with Crippen molar-refractivity contribution in [1.29, 1.82) is 0 Å². The molecule has 82 valence electrons. The number of methoxy groups -OCH3 is 2. The van der Waals surface area contributed by atoms with Gasteiger partial charge in [-0.05, 0) is 18.6 Å². The largest absolute Gasteiger partial charge is 0.494 e. The molecule has 0 fully saturated rings. The molecule has 0 radical (unpaired) electrons. The first-order valence-corrected chi connectivity index (χ1v) is 4.33. The number of hydrogen-bond donors (Lipinski definition) is 2. The van der Waals surface area contributed by atoms with Crippen molar-refractivity contribution in [2.24, 2.45) is 0 Å². The number of anilines is 2. The van der Waals surface area contributed by atoms with Crippen molar-refractivity contribution in [3.05, 3.63) is 17.2 Å². The Morgan fingerprint density at radius 3 is 2.33 bits per heavy atom. The lowest BCUT2D eigenvalue weighted by Crippen LogP contribution is -2.09. The summed E-state index contributed by atoms with van der Waals surface area (Å²) in [5, 5.41) is 0. The Labute approximate surface area is 88.0 Å². The van der Waals surface area contributed by atoms with Gasteiger partial charge in [-0.25, -0.2) is 4.79 Å². The van der Waals surface area contributed by atoms with E-state index in [1.807, 2.05) is 0 Å². The number of esters is 1. The van der Waals surface area contributed by atoms with Crippen LogP contribution in [0, 0.1) is 6.92 Å². The van der Waals surface area contributed by atoms with E-state index in [1.54, 1.807) is 13.0 Å². The number of rotatable bonds is 2. The molecule has 0 aliphatic carbocycles. The molecule has 5 heteroatoms. The topological polar surface area (TPSA) is 87.6 Å². The van der Waals surface area contributed by atoms with E-state index in [0.717, 1.165) is 0 Å². The summed E-state index contributed by atoms with van der Waals surface area (Å²) < 4.78 is 9.64. The third-order valence-electron chi connectivity index (χ3n) is 2.17. The van der Waals surface area contributed by atoms with E-state index in [0.29, 0.717) is 11.3 Å². The third-order valence-corrected chi connectivity index (χ3v) is 2.17. The van der Waals surface area contributed by atoms with Crippen LogP contribution in [0.25, 0.3) is 0 Å². The lowest BCUT2D eigenvalue weighted by Gasteiger charge is -2.13. The van der Waals surface area contributed by atoms with Crippen molar-refractivity contribution in [2.45, 2.75) is 6.92 Å². The zero-order chi connectivity index (χ0) is 11.6. The van der Waals surface area contributed by atoms with E-state index in [9.17, 15) is 4.79 Å². The molecule has 0 saturated heterocycles. The highest BCUT2D eigenvalue weighted by atomic mass is 16.5. The predicted octanol–water partition coefficient (Wildman–Crippen LogP) is 0.955. The summed E-state index contributed by atoms with van der Waals surface area (Å²) in [7, 11) is 2.72. The van der Waals surface area contributed by atoms with Gasteiger partial charge in [0.2, 0.25) is 0 Å². The van der Waals surface area contributed by atoms with Crippen molar-refractivity contribution >= 4 is 17.3 Å². The molecule has 0 unspecified atom stereocenters. The standard InChI is InChI=1S/C10H14N2O3/c1-5-4-6(10(13)15-3)9(14-2)8(12)7(5)11/h4H,11-12H2,1-3H3. The molecule has 0 heterocycles. The van der Waals surface area contributed by atoms with Gasteiger partial charge in [0.1, 0.15) is 5.56 Å². The second-order valence-electron chi connectivity index (χ2n) is 3.09. The number of aryl methyl sites for hydroxylation is 1. The molecule has 0 atom stereocenters. The van der Waals surface area contributed by atoms with Gasteiger partial charge in [0.15, 0.2) is 5.75 Å². The quantitative estimate of drug-likeness (QED) is 0.560. The molecule has 15 heavy (non-hydrogen) atoms. The number of nitrogen functional groups attached to an aromatic ring is 2. The Morgan fingerprint density at radius 2 is 1.87 bits per heavy atom. The second kappa shape index (κ2) is 4.08. The van der Waals surface area contributed by atoms with Gasteiger partial charge < -0.3 is 20.9 Å². The van der Waals surface area contributed by atoms with E-state index in [-0.39, 0.29) is 17.0 Å². The van der Waals surface area contributed by atoms with Crippen LogP contribution in [0.2, 0.25) is 0 Å². The molecule has 0 saturated carbocycles. The normalized spacial score (nSPS) is 9.80. The maximum Gasteiger partial charge on any atom is 0.341 e. The van der Waals surface area contributed by atoms with Crippen LogP contribution in [0.15, 0.2) is 6.07 Å². The molecule has 0 spiro atoms. The Bertz CT molecular complexity index is 402. The van der Waals surface area contributed by atoms with E-state index in [1.165, 1.54) is 14.2 Å². The van der Waals surface area contributed by atoms with E-state index < -0.39 is 5.97 Å². The summed E-state index contributed by atoms with van der Waals surface area (Å²) in [4.78, 5) is 11.4. The Balaban J connectivity index is 3.45. The van der Waals surface area contributed by atoms with Gasteiger partial charge in [0, 0.05) is 0 Å². The zero-order valence-corrected chi connectivity index (χ0v) is 8.96. The van der Waals surface area contributed by atoms with Crippen LogP contribution >= 0.6 is 0 Å². The lowest BCUT2D eigenvalue weighted by molar-refractivity contribution is 0.0597. The summed E-state index contributed by atoms with van der Waals surface area (Å²) in [5.74, 6) is -0.244. The molecule has 0 bridgehead atoms. The molecular weight excluding hydrogens is 196 g/mol. The maximum absolute atomic E-state index is 11.4. The summed E-state index contributed by atoms with van der Waals surface area (Å²) in [5.41, 5.74) is 13.1. The van der Waals surface area contributed by atoms with Crippen LogP contribution in [-0.4, -0.2) is 20.2 Å². The van der Waals surface area contributed by atoms with Gasteiger partial charge in [-0.1, -0.05) is 0 Å². The van der Waals surface area contributed by atoms with Gasteiger partial charge >= 0.3 is 5.97 Å². The monoisotopic (exact) mass is 210 g/mol. The van der Waals surface area contributed by atoms with Gasteiger partial charge in [-0.2, -0.15) is 0 Å². The summed E-state index contributed by atoms with van der Waals surface area (Å²) in [6.45, 7) is 1.76. The fourth-order valence-corrected chi connectivity index (χ4v) is 1.32. The van der Waals surface area contributed by atoms with Crippen LogP contribution in [0.4, 0.5) is 11.4 Å². The summed E-state index contributed by atoms with van der Waals surface area (Å²) in [6.07, 6.45) is 0. The van der Waals surface area contributed by atoms with E-state index in [4.69, 9.17) is 16.2 Å². The number of carbonyl (C=O) groups excluding carboxylic acids is 1. The Morgan fingerprint density at radius 1 is 1.27 bits per heavy atom. The van der Waals surface area contributed by atoms with Crippen LogP contribution < -0.4 is 16.2 Å². The van der Waals surface area contributed by atoms with Crippen molar-refractivity contribution < 1.29 is 14.3 Å². The first kappa shape index (κ1) is 11.2. The van der Waals surface area contributed by atoms with Gasteiger partial charge in [-0.15, -0.1) is 0 Å². The third kappa shape index (κ3) is 1.81. The smallest absolute Gasteiger partial charge is 0.341 e. The number of benzene rings is 1. The van der Waals surface area contributed by atoms with Crippen LogP contribution in [0.3, 0.4) is 0 Å². The fraction of sp³-hybridized carbons (Fsp3) is 0.300. The zero-order valence-electron chi connectivity index (χ0n) is 8.96. The average molecular weight is 210 g/mol. The SMILES string of the molecule is COC(=O)c1cc(C)c(N)c(N)c1OC. The van der Waals surface area contributed by atoms with Crippen LogP contribution in [0.1, 0.15) is 15.9 Å². The van der Waals surface area contributed by atoms with E-state index in [2.05, 4.69) is 4.74 Å². The van der Waals surface area contributed by atoms with Crippen molar-refractivity contribution in [3.63, 3.8) is 0 Å².